The van der Waals surface area contributed by atoms with E-state index in [0.29, 0.717) is 25.7 Å². The molecule has 12 nitrogen and oxygen atoms in total. The Morgan fingerprint density at radius 3 is 1.18 bits per heavy atom. The van der Waals surface area contributed by atoms with E-state index in [4.69, 9.17) is 0 Å². The number of nitrogens with one attached hydrogen (secondary N) is 2. The van der Waals surface area contributed by atoms with Crippen molar-refractivity contribution in [2.75, 3.05) is 9.44 Å². The van der Waals surface area contributed by atoms with Crippen molar-refractivity contribution in [3.8, 4) is 0 Å². The van der Waals surface area contributed by atoms with E-state index in [9.17, 15) is 42.8 Å². The molecule has 2 aliphatic carbocycles. The van der Waals surface area contributed by atoms with Gasteiger partial charge >= 0.3 is 59.1 Å². The summed E-state index contributed by atoms with van der Waals surface area (Å²) in [6.45, 7) is 0. The molecule has 2 aliphatic rings. The normalized spacial score (nSPS) is 16.4. The van der Waals surface area contributed by atoms with Crippen LogP contribution < -0.4 is 68.6 Å². The molecule has 2 aromatic rings. The van der Waals surface area contributed by atoms with E-state index in [1.807, 2.05) is 0 Å². The third-order valence-corrected chi connectivity index (χ3v) is 11.0. The molecule has 0 amide bonds. The Bertz CT molecular complexity index is 1560. The molecule has 2 fully saturated rings. The van der Waals surface area contributed by atoms with Crippen LogP contribution in [0.15, 0.2) is 46.2 Å². The predicted molar refractivity (Wildman–Crippen MR) is 129 cm³/mol. The number of rotatable bonds is 10. The number of sulfonamides is 2. The molecular formula is C20H20N2Na2O10S4. The Labute approximate surface area is 265 Å². The van der Waals surface area contributed by atoms with Crippen LogP contribution >= 0.6 is 0 Å². The standard InChI is InChI=1S/C20H22N2O10S4.2Na/c23-33(24,17-7-8-17)21-15-5-3-13(19(11-15)35(27,28)29)1-2-14-4-6-16(12-20(14)36(30,31)32)22-34(25,26)18-9-10-18;;/h1-6,11-12,17-18,21-22H,7-10H2,(H,27,28,29)(H,30,31,32);;/q;2*+1/p-2/b2-1+;;. The van der Waals surface area contributed by atoms with Crippen molar-refractivity contribution in [1.82, 2.24) is 0 Å². The number of hydrogen-bond acceptors (Lipinski definition) is 10. The van der Waals surface area contributed by atoms with Gasteiger partial charge in [0.2, 0.25) is 20.0 Å². The summed E-state index contributed by atoms with van der Waals surface area (Å²) in [5, 5.41) is -1.18. The van der Waals surface area contributed by atoms with Crippen molar-refractivity contribution in [3.05, 3.63) is 47.5 Å². The first kappa shape index (κ1) is 33.7. The van der Waals surface area contributed by atoms with Crippen molar-refractivity contribution in [3.63, 3.8) is 0 Å². The van der Waals surface area contributed by atoms with E-state index in [2.05, 4.69) is 9.44 Å². The molecule has 0 heterocycles. The van der Waals surface area contributed by atoms with Gasteiger partial charge in [-0.15, -0.1) is 0 Å². The van der Waals surface area contributed by atoms with Crippen LogP contribution in [-0.2, 0) is 40.3 Å². The molecule has 2 saturated carbocycles. The van der Waals surface area contributed by atoms with E-state index in [1.54, 1.807) is 0 Å². The molecule has 4 rings (SSSR count). The van der Waals surface area contributed by atoms with E-state index < -0.39 is 60.6 Å². The van der Waals surface area contributed by atoms with Gasteiger partial charge in [0.15, 0.2) is 0 Å². The van der Waals surface area contributed by atoms with Crippen LogP contribution in [0.2, 0.25) is 0 Å². The van der Waals surface area contributed by atoms with Crippen LogP contribution in [0.1, 0.15) is 36.8 Å². The van der Waals surface area contributed by atoms with Crippen molar-refractivity contribution in [1.29, 1.82) is 0 Å². The summed E-state index contributed by atoms with van der Waals surface area (Å²) in [4.78, 5) is -1.54. The molecule has 2 N–H and O–H groups in total. The smallest absolute Gasteiger partial charge is 0.744 e. The van der Waals surface area contributed by atoms with Gasteiger partial charge in [0.1, 0.15) is 20.2 Å². The van der Waals surface area contributed by atoms with Gasteiger partial charge < -0.3 is 9.11 Å². The van der Waals surface area contributed by atoms with Gasteiger partial charge in [0.25, 0.3) is 0 Å². The molecule has 0 unspecified atom stereocenters. The minimum Gasteiger partial charge on any atom is -0.744 e. The number of hydrogen-bond donors (Lipinski definition) is 2. The van der Waals surface area contributed by atoms with Crippen LogP contribution in [0.5, 0.6) is 0 Å². The first-order valence-corrected chi connectivity index (χ1v) is 16.4. The number of benzene rings is 2. The fraction of sp³-hybridized carbons (Fsp3) is 0.300. The minimum atomic E-state index is -5.08. The molecule has 0 aliphatic heterocycles. The van der Waals surface area contributed by atoms with Gasteiger partial charge in [-0.25, -0.2) is 33.7 Å². The summed E-state index contributed by atoms with van der Waals surface area (Å²) >= 11 is 0. The monoisotopic (exact) mass is 622 g/mol. The zero-order valence-electron chi connectivity index (χ0n) is 20.3. The Hall–Kier alpha value is -0.500. The molecule has 0 spiro atoms. The van der Waals surface area contributed by atoms with E-state index >= 15 is 0 Å². The molecule has 196 valence electrons. The summed E-state index contributed by atoms with van der Waals surface area (Å²) in [6.07, 6.45) is 4.01. The van der Waals surface area contributed by atoms with Gasteiger partial charge in [-0.05, 0) is 61.1 Å². The molecular weight excluding hydrogens is 602 g/mol. The van der Waals surface area contributed by atoms with Gasteiger partial charge in [0, 0.05) is 11.4 Å². The van der Waals surface area contributed by atoms with Crippen LogP contribution in [0.4, 0.5) is 11.4 Å². The Morgan fingerprint density at radius 2 is 0.921 bits per heavy atom. The van der Waals surface area contributed by atoms with Crippen LogP contribution in [0.25, 0.3) is 12.2 Å². The SMILES string of the molecule is O=S(=O)([O-])c1cc(NS(=O)(=O)C2CC2)ccc1/C=C/c1ccc(NS(=O)(=O)C2CC2)cc1S(=O)(=O)[O-].[Na+].[Na+]. The average Bonchev–Trinajstić information content (AvgIpc) is 3.62. The van der Waals surface area contributed by atoms with Gasteiger partial charge in [0.05, 0.1) is 20.3 Å². The van der Waals surface area contributed by atoms with Gasteiger partial charge in [-0.1, -0.05) is 24.3 Å². The van der Waals surface area contributed by atoms with Gasteiger partial charge in [-0.2, -0.15) is 0 Å². The third kappa shape index (κ3) is 8.50. The Morgan fingerprint density at radius 1 is 0.605 bits per heavy atom. The maximum atomic E-state index is 12.1. The fourth-order valence-corrected chi connectivity index (χ4v) is 7.49. The molecule has 0 radical (unpaired) electrons. The summed E-state index contributed by atoms with van der Waals surface area (Å²) in [7, 11) is -17.6. The molecule has 0 aromatic heterocycles. The molecule has 0 saturated heterocycles. The van der Waals surface area contributed by atoms with Gasteiger partial charge in [-0.3, -0.25) is 9.44 Å². The molecule has 2 aromatic carbocycles. The molecule has 18 heteroatoms. The fourth-order valence-electron chi connectivity index (χ4n) is 3.34. The molecule has 0 atom stereocenters. The third-order valence-electron chi connectivity index (χ3n) is 5.45. The summed E-state index contributed by atoms with van der Waals surface area (Å²) in [5.41, 5.74) is -0.647. The van der Waals surface area contributed by atoms with Crippen molar-refractivity contribution in [2.45, 2.75) is 46.0 Å². The van der Waals surface area contributed by atoms with Crippen molar-refractivity contribution >= 4 is 63.8 Å². The Kier molecular flexibility index (Phi) is 10.8. The van der Waals surface area contributed by atoms with E-state index in [0.717, 1.165) is 36.4 Å². The maximum Gasteiger partial charge on any atom is 1.00 e. The average molecular weight is 623 g/mol. The molecule has 38 heavy (non-hydrogen) atoms. The zero-order valence-corrected chi connectivity index (χ0v) is 27.6. The topological polar surface area (TPSA) is 207 Å². The predicted octanol–water partition coefficient (Wildman–Crippen LogP) is -4.52. The minimum absolute atomic E-state index is 0. The second-order valence-electron chi connectivity index (χ2n) is 8.44. The summed E-state index contributed by atoms with van der Waals surface area (Å²) in [6, 6.07) is 6.46. The molecule has 0 bridgehead atoms. The number of anilines is 2. The van der Waals surface area contributed by atoms with Crippen LogP contribution in [-0.4, -0.2) is 53.3 Å². The zero-order chi connectivity index (χ0) is 26.5. The van der Waals surface area contributed by atoms with E-state index in [-0.39, 0.29) is 81.6 Å². The largest absolute Gasteiger partial charge is 1.00 e. The quantitative estimate of drug-likeness (QED) is 0.147. The van der Waals surface area contributed by atoms with E-state index in [1.165, 1.54) is 12.1 Å². The first-order chi connectivity index (χ1) is 16.6. The van der Waals surface area contributed by atoms with Crippen molar-refractivity contribution in [2.24, 2.45) is 0 Å². The summed E-state index contributed by atoms with van der Waals surface area (Å²) in [5.74, 6) is 0. The van der Waals surface area contributed by atoms with Crippen LogP contribution in [0.3, 0.4) is 0 Å². The Balaban J connectivity index is 0.00000253. The maximum absolute atomic E-state index is 12.1. The first-order valence-electron chi connectivity index (χ1n) is 10.5. The van der Waals surface area contributed by atoms with Crippen LogP contribution in [0, 0.1) is 0 Å². The summed E-state index contributed by atoms with van der Waals surface area (Å²) < 4.78 is 124. The van der Waals surface area contributed by atoms with Crippen molar-refractivity contribution < 1.29 is 102 Å². The second kappa shape index (κ2) is 12.2. The second-order valence-corrected chi connectivity index (χ2v) is 15.1.